The van der Waals surface area contributed by atoms with Crippen molar-refractivity contribution >= 4 is 23.1 Å². The molecule has 6 heteroatoms. The molecule has 1 nitrogen and oxygen atoms in total. The predicted molar refractivity (Wildman–Crippen MR) is 81.9 cm³/mol. The van der Waals surface area contributed by atoms with Gasteiger partial charge in [0, 0.05) is 10.9 Å². The summed E-state index contributed by atoms with van der Waals surface area (Å²) in [6.07, 6.45) is -3.15. The van der Waals surface area contributed by atoms with Crippen molar-refractivity contribution in [2.45, 2.75) is 41.1 Å². The summed E-state index contributed by atoms with van der Waals surface area (Å²) in [5.41, 5.74) is 5.88. The van der Waals surface area contributed by atoms with Gasteiger partial charge in [0.2, 0.25) is 0 Å². The van der Waals surface area contributed by atoms with Gasteiger partial charge in [0.15, 0.2) is 0 Å². The number of thiophene rings is 1. The van der Waals surface area contributed by atoms with E-state index in [1.54, 1.807) is 12.1 Å². The van der Waals surface area contributed by atoms with E-state index in [2.05, 4.69) is 0 Å². The van der Waals surface area contributed by atoms with Gasteiger partial charge in [-0.1, -0.05) is 30.8 Å². The van der Waals surface area contributed by atoms with Crippen LogP contribution in [0.3, 0.4) is 0 Å². The van der Waals surface area contributed by atoms with Crippen LogP contribution >= 0.6 is 23.1 Å². The highest BCUT2D eigenvalue weighted by Crippen LogP contribution is 2.41. The Bertz CT molecular complexity index is 579. The first-order chi connectivity index (χ1) is 9.90. The predicted octanol–water partition coefficient (Wildman–Crippen LogP) is 5.20. The highest BCUT2D eigenvalue weighted by atomic mass is 32.2. The first-order valence-electron chi connectivity index (χ1n) is 6.57. The Labute approximate surface area is 130 Å². The lowest BCUT2D eigenvalue weighted by Crippen LogP contribution is -2.21. The summed E-state index contributed by atoms with van der Waals surface area (Å²) in [6, 6.07) is 8.05. The van der Waals surface area contributed by atoms with Gasteiger partial charge >= 0.3 is 6.18 Å². The van der Waals surface area contributed by atoms with Crippen LogP contribution in [0.15, 0.2) is 44.8 Å². The lowest BCUT2D eigenvalue weighted by molar-refractivity contribution is -0.139. The third kappa shape index (κ3) is 4.49. The van der Waals surface area contributed by atoms with Crippen molar-refractivity contribution < 1.29 is 13.2 Å². The van der Waals surface area contributed by atoms with Gasteiger partial charge in [-0.15, -0.1) is 11.3 Å². The maximum absolute atomic E-state index is 13.2. The van der Waals surface area contributed by atoms with Crippen LogP contribution in [0.5, 0.6) is 0 Å². The third-order valence-corrected chi connectivity index (χ3v) is 5.19. The molecule has 0 bridgehead atoms. The summed E-state index contributed by atoms with van der Waals surface area (Å²) in [5.74, 6) is 0. The lowest BCUT2D eigenvalue weighted by Gasteiger charge is -2.15. The summed E-state index contributed by atoms with van der Waals surface area (Å²) >= 11 is 2.58. The van der Waals surface area contributed by atoms with E-state index in [0.717, 1.165) is 22.4 Å². The fourth-order valence-electron chi connectivity index (χ4n) is 1.89. The van der Waals surface area contributed by atoms with E-state index in [4.69, 9.17) is 5.73 Å². The van der Waals surface area contributed by atoms with Crippen LogP contribution in [0.25, 0.3) is 0 Å². The van der Waals surface area contributed by atoms with Crippen LogP contribution in [0, 0.1) is 0 Å². The molecule has 2 aromatic rings. The van der Waals surface area contributed by atoms with Crippen LogP contribution < -0.4 is 5.73 Å². The second-order valence-corrected chi connectivity index (χ2v) is 7.02. The van der Waals surface area contributed by atoms with Gasteiger partial charge in [-0.2, -0.15) is 13.2 Å². The summed E-state index contributed by atoms with van der Waals surface area (Å²) in [6.45, 7) is 1.93. The van der Waals surface area contributed by atoms with Crippen LogP contribution in [0.1, 0.15) is 24.5 Å². The second-order valence-electron chi connectivity index (χ2n) is 4.73. The highest BCUT2D eigenvalue weighted by Gasteiger charge is 2.34. The number of alkyl halides is 3. The Balaban J connectivity index is 2.32. The quantitative estimate of drug-likeness (QED) is 0.815. The van der Waals surface area contributed by atoms with Crippen molar-refractivity contribution in [3.05, 3.63) is 46.8 Å². The third-order valence-electron chi connectivity index (χ3n) is 3.08. The first kappa shape index (κ1) is 16.4. The molecule has 2 rings (SSSR count). The van der Waals surface area contributed by atoms with Gasteiger partial charge in [0.1, 0.15) is 0 Å². The smallest absolute Gasteiger partial charge is 0.327 e. The normalized spacial score (nSPS) is 13.4. The molecule has 1 aromatic heterocycles. The lowest BCUT2D eigenvalue weighted by atomic mass is 10.0. The monoisotopic (exact) mass is 331 g/mol. The van der Waals surface area contributed by atoms with Gasteiger partial charge in [-0.25, -0.2) is 0 Å². The highest BCUT2D eigenvalue weighted by molar-refractivity contribution is 8.01. The van der Waals surface area contributed by atoms with E-state index in [-0.39, 0.29) is 10.9 Å². The number of hydrogen-bond donors (Lipinski definition) is 1. The Hall–Kier alpha value is -0.980. The summed E-state index contributed by atoms with van der Waals surface area (Å²) < 4.78 is 40.6. The van der Waals surface area contributed by atoms with Crippen molar-refractivity contribution in [1.29, 1.82) is 0 Å². The minimum Gasteiger partial charge on any atom is -0.327 e. The topological polar surface area (TPSA) is 26.0 Å². The molecule has 0 spiro atoms. The van der Waals surface area contributed by atoms with Crippen molar-refractivity contribution in [3.8, 4) is 0 Å². The Morgan fingerprint density at radius 1 is 1.29 bits per heavy atom. The Morgan fingerprint density at radius 2 is 2.05 bits per heavy atom. The van der Waals surface area contributed by atoms with Crippen LogP contribution in [0.4, 0.5) is 13.2 Å². The minimum absolute atomic E-state index is 0.109. The van der Waals surface area contributed by atoms with Crippen LogP contribution in [-0.4, -0.2) is 6.04 Å². The first-order valence-corrected chi connectivity index (χ1v) is 8.27. The van der Waals surface area contributed by atoms with Gasteiger partial charge < -0.3 is 5.73 Å². The molecule has 1 aromatic carbocycles. The molecular weight excluding hydrogens is 315 g/mol. The summed E-state index contributed by atoms with van der Waals surface area (Å²) in [7, 11) is 0. The van der Waals surface area contributed by atoms with Crippen molar-refractivity contribution in [1.82, 2.24) is 0 Å². The molecule has 0 saturated heterocycles. The van der Waals surface area contributed by atoms with E-state index < -0.39 is 11.7 Å². The van der Waals surface area contributed by atoms with E-state index >= 15 is 0 Å². The fraction of sp³-hybridized carbons (Fsp3) is 0.333. The van der Waals surface area contributed by atoms with Crippen molar-refractivity contribution in [2.24, 2.45) is 5.73 Å². The van der Waals surface area contributed by atoms with Gasteiger partial charge in [0.25, 0.3) is 0 Å². The fourth-order valence-corrected chi connectivity index (χ4v) is 3.75. The Morgan fingerprint density at radius 3 is 2.62 bits per heavy atom. The average Bonchev–Trinajstić information content (AvgIpc) is 2.92. The molecule has 0 aliphatic heterocycles. The molecule has 21 heavy (non-hydrogen) atoms. The molecule has 0 amide bonds. The number of hydrogen-bond acceptors (Lipinski definition) is 3. The van der Waals surface area contributed by atoms with Gasteiger partial charge in [-0.05, 0) is 42.0 Å². The minimum atomic E-state index is -4.36. The van der Waals surface area contributed by atoms with Crippen molar-refractivity contribution in [3.63, 3.8) is 0 Å². The number of nitrogens with two attached hydrogens (primary N) is 1. The van der Waals surface area contributed by atoms with Gasteiger partial charge in [0.05, 0.1) is 9.77 Å². The SMILES string of the molecule is CCC(N)Cc1ccc(Sc2cccs2)c(C(F)(F)F)c1. The number of rotatable bonds is 5. The average molecular weight is 331 g/mol. The Kier molecular flexibility index (Phi) is 5.35. The van der Waals surface area contributed by atoms with E-state index in [1.807, 2.05) is 24.4 Å². The zero-order chi connectivity index (χ0) is 15.5. The molecule has 1 unspecified atom stereocenters. The number of halogens is 3. The van der Waals surface area contributed by atoms with Crippen LogP contribution in [-0.2, 0) is 12.6 Å². The van der Waals surface area contributed by atoms with Crippen LogP contribution in [0.2, 0.25) is 0 Å². The zero-order valence-electron chi connectivity index (χ0n) is 11.5. The second kappa shape index (κ2) is 6.85. The molecule has 2 N–H and O–H groups in total. The largest absolute Gasteiger partial charge is 0.417 e. The van der Waals surface area contributed by atoms with Crippen molar-refractivity contribution in [2.75, 3.05) is 0 Å². The molecule has 114 valence electrons. The molecule has 0 radical (unpaired) electrons. The molecule has 1 atom stereocenters. The van der Waals surface area contributed by atoms with E-state index in [0.29, 0.717) is 12.0 Å². The molecule has 1 heterocycles. The zero-order valence-corrected chi connectivity index (χ0v) is 13.1. The van der Waals surface area contributed by atoms with E-state index in [1.165, 1.54) is 17.4 Å². The summed E-state index contributed by atoms with van der Waals surface area (Å²) in [4.78, 5) is 0.235. The molecular formula is C15H16F3NS2. The molecule has 0 fully saturated rings. The van der Waals surface area contributed by atoms with E-state index in [9.17, 15) is 13.2 Å². The molecule has 0 aliphatic carbocycles. The van der Waals surface area contributed by atoms with Gasteiger partial charge in [-0.3, -0.25) is 0 Å². The molecule has 0 saturated carbocycles. The maximum Gasteiger partial charge on any atom is 0.417 e. The maximum atomic E-state index is 13.2. The standard InChI is InChI=1S/C15H16F3NS2/c1-2-11(19)8-10-5-6-13(12(9-10)15(16,17)18)21-14-4-3-7-20-14/h3-7,9,11H,2,8,19H2,1H3. The molecule has 0 aliphatic rings. The summed E-state index contributed by atoms with van der Waals surface area (Å²) in [5, 5.41) is 1.85. The number of benzene rings is 1.